The Hall–Kier alpha value is -2.15. The van der Waals surface area contributed by atoms with Crippen LogP contribution in [-0.4, -0.2) is 33.1 Å². The van der Waals surface area contributed by atoms with E-state index in [1.807, 2.05) is 0 Å². The molecule has 0 aliphatic carbocycles. The average molecular weight is 254 g/mol. The van der Waals surface area contributed by atoms with Crippen molar-refractivity contribution in [3.05, 3.63) is 29.2 Å². The zero-order chi connectivity index (χ0) is 12.4. The summed E-state index contributed by atoms with van der Waals surface area (Å²) in [4.78, 5) is 16.3. The molecule has 0 spiro atoms. The van der Waals surface area contributed by atoms with Gasteiger partial charge in [-0.1, -0.05) is 11.6 Å². The number of halogens is 1. The van der Waals surface area contributed by atoms with Crippen molar-refractivity contribution >= 4 is 23.3 Å². The molecule has 0 amide bonds. The third kappa shape index (κ3) is 2.18. The number of aromatic nitrogens is 4. The molecule has 2 aromatic rings. The molecule has 0 unspecified atom stereocenters. The van der Waals surface area contributed by atoms with Crippen LogP contribution in [0.2, 0.25) is 5.02 Å². The van der Waals surface area contributed by atoms with Crippen molar-refractivity contribution < 1.29 is 9.53 Å². The van der Waals surface area contributed by atoms with E-state index in [-0.39, 0.29) is 16.5 Å². The highest BCUT2D eigenvalue weighted by Gasteiger charge is 2.13. The van der Waals surface area contributed by atoms with Gasteiger partial charge >= 0.3 is 5.97 Å². The Labute approximate surface area is 101 Å². The molecule has 8 heteroatoms. The lowest BCUT2D eigenvalue weighted by atomic mass is 10.4. The molecule has 0 aliphatic heterocycles. The van der Waals surface area contributed by atoms with E-state index in [4.69, 9.17) is 17.3 Å². The Balaban J connectivity index is 2.40. The first-order valence-corrected chi connectivity index (χ1v) is 4.91. The number of nitrogens with zero attached hydrogens (tertiary/aromatic N) is 4. The van der Waals surface area contributed by atoms with Crippen molar-refractivity contribution in [3.63, 3.8) is 0 Å². The SMILES string of the molecule is COC(=O)c1cnn(-c2ncc(N)cc2Cl)n1. The molecule has 0 bridgehead atoms. The molecule has 0 atom stereocenters. The molecule has 0 radical (unpaired) electrons. The van der Waals surface area contributed by atoms with E-state index in [9.17, 15) is 4.79 Å². The zero-order valence-electron chi connectivity index (χ0n) is 8.79. The largest absolute Gasteiger partial charge is 0.464 e. The number of hydrogen-bond donors (Lipinski definition) is 1. The maximum atomic E-state index is 11.2. The zero-order valence-corrected chi connectivity index (χ0v) is 9.55. The second-order valence-electron chi connectivity index (χ2n) is 3.08. The number of anilines is 1. The van der Waals surface area contributed by atoms with Gasteiger partial charge in [-0.05, 0) is 6.07 Å². The number of carbonyl (C=O) groups excluding carboxylic acids is 1. The number of nitrogens with two attached hydrogens (primary N) is 1. The minimum Gasteiger partial charge on any atom is -0.464 e. The fourth-order valence-corrected chi connectivity index (χ4v) is 1.41. The monoisotopic (exact) mass is 253 g/mol. The van der Waals surface area contributed by atoms with E-state index in [1.54, 1.807) is 0 Å². The molecule has 0 aromatic carbocycles. The number of hydrogen-bond acceptors (Lipinski definition) is 6. The summed E-state index contributed by atoms with van der Waals surface area (Å²) in [5.41, 5.74) is 6.01. The Morgan fingerprint density at radius 2 is 2.29 bits per heavy atom. The molecule has 88 valence electrons. The summed E-state index contributed by atoms with van der Waals surface area (Å²) in [6.07, 6.45) is 2.68. The normalized spacial score (nSPS) is 10.2. The topological polar surface area (TPSA) is 95.9 Å². The summed E-state index contributed by atoms with van der Waals surface area (Å²) in [6, 6.07) is 1.52. The summed E-state index contributed by atoms with van der Waals surface area (Å²) < 4.78 is 4.51. The molecule has 0 aliphatic rings. The van der Waals surface area contributed by atoms with Crippen molar-refractivity contribution in [1.29, 1.82) is 0 Å². The van der Waals surface area contributed by atoms with Gasteiger partial charge in [0, 0.05) is 0 Å². The molecule has 7 nitrogen and oxygen atoms in total. The summed E-state index contributed by atoms with van der Waals surface area (Å²) >= 11 is 5.93. The van der Waals surface area contributed by atoms with Gasteiger partial charge in [0.05, 0.1) is 30.2 Å². The molecule has 17 heavy (non-hydrogen) atoms. The summed E-state index contributed by atoms with van der Waals surface area (Å²) in [7, 11) is 1.26. The average Bonchev–Trinajstić information content (AvgIpc) is 2.77. The van der Waals surface area contributed by atoms with Gasteiger partial charge in [-0.25, -0.2) is 9.78 Å². The standard InChI is InChI=1S/C9H8ClN5O2/c1-17-9(16)7-4-13-15(14-7)8-6(10)2-5(11)3-12-8/h2-4H,11H2,1H3. The Bertz CT molecular complexity index is 568. The van der Waals surface area contributed by atoms with Crippen LogP contribution < -0.4 is 5.73 Å². The summed E-state index contributed by atoms with van der Waals surface area (Å²) in [5.74, 6) is -0.293. The Kier molecular flexibility index (Phi) is 2.92. The number of pyridine rings is 1. The number of rotatable bonds is 2. The second kappa shape index (κ2) is 4.38. The molecule has 2 aromatic heterocycles. The molecule has 2 heterocycles. The minimum absolute atomic E-state index is 0.0715. The van der Waals surface area contributed by atoms with E-state index in [2.05, 4.69) is 19.9 Å². The maximum Gasteiger partial charge on any atom is 0.360 e. The molecule has 0 saturated heterocycles. The highest BCUT2D eigenvalue weighted by Crippen LogP contribution is 2.18. The molecule has 0 fully saturated rings. The molecule has 2 rings (SSSR count). The summed E-state index contributed by atoms with van der Waals surface area (Å²) in [5, 5.41) is 8.04. The van der Waals surface area contributed by atoms with E-state index in [0.717, 1.165) is 4.80 Å². The van der Waals surface area contributed by atoms with E-state index in [0.29, 0.717) is 5.69 Å². The minimum atomic E-state index is -0.581. The fraction of sp³-hybridized carbons (Fsp3) is 0.111. The Morgan fingerprint density at radius 3 is 2.94 bits per heavy atom. The van der Waals surface area contributed by atoms with Gasteiger partial charge in [0.15, 0.2) is 11.5 Å². The first-order valence-electron chi connectivity index (χ1n) is 4.54. The van der Waals surface area contributed by atoms with Crippen molar-refractivity contribution in [2.45, 2.75) is 0 Å². The molecule has 0 saturated carbocycles. The number of nitrogen functional groups attached to an aromatic ring is 1. The van der Waals surface area contributed by atoms with Crippen LogP contribution in [0.4, 0.5) is 5.69 Å². The lowest BCUT2D eigenvalue weighted by Gasteiger charge is -2.01. The quantitative estimate of drug-likeness (QED) is 0.791. The first kappa shape index (κ1) is 11.3. The van der Waals surface area contributed by atoms with Crippen LogP contribution in [0.15, 0.2) is 18.5 Å². The van der Waals surface area contributed by atoms with Crippen LogP contribution in [0.1, 0.15) is 10.5 Å². The van der Waals surface area contributed by atoms with Crippen LogP contribution in [0.5, 0.6) is 0 Å². The van der Waals surface area contributed by atoms with Gasteiger partial charge in [-0.3, -0.25) is 0 Å². The van der Waals surface area contributed by atoms with Crippen molar-refractivity contribution in [2.24, 2.45) is 0 Å². The van der Waals surface area contributed by atoms with Crippen LogP contribution >= 0.6 is 11.6 Å². The summed E-state index contributed by atoms with van der Waals surface area (Å²) in [6.45, 7) is 0. The predicted octanol–water partition coefficient (Wildman–Crippen LogP) is 0.684. The number of ether oxygens (including phenoxy) is 1. The van der Waals surface area contributed by atoms with Crippen LogP contribution in [0, 0.1) is 0 Å². The highest BCUT2D eigenvalue weighted by molar-refractivity contribution is 6.32. The third-order valence-corrected chi connectivity index (χ3v) is 2.20. The van der Waals surface area contributed by atoms with Gasteiger partial charge in [0.25, 0.3) is 0 Å². The molecular formula is C9H8ClN5O2. The fourth-order valence-electron chi connectivity index (χ4n) is 1.16. The lowest BCUT2D eigenvalue weighted by Crippen LogP contribution is -2.06. The number of methoxy groups -OCH3 is 1. The van der Waals surface area contributed by atoms with Crippen LogP contribution in [-0.2, 0) is 4.74 Å². The van der Waals surface area contributed by atoms with Gasteiger partial charge < -0.3 is 10.5 Å². The van der Waals surface area contributed by atoms with Crippen LogP contribution in [0.25, 0.3) is 5.82 Å². The van der Waals surface area contributed by atoms with Crippen molar-refractivity contribution in [3.8, 4) is 5.82 Å². The van der Waals surface area contributed by atoms with Gasteiger partial charge in [-0.15, -0.1) is 9.90 Å². The number of esters is 1. The molecular weight excluding hydrogens is 246 g/mol. The van der Waals surface area contributed by atoms with Gasteiger partial charge in [0.1, 0.15) is 0 Å². The van der Waals surface area contributed by atoms with Gasteiger partial charge in [0.2, 0.25) is 0 Å². The number of carbonyl (C=O) groups is 1. The smallest absolute Gasteiger partial charge is 0.360 e. The highest BCUT2D eigenvalue weighted by atomic mass is 35.5. The second-order valence-corrected chi connectivity index (χ2v) is 3.49. The van der Waals surface area contributed by atoms with Crippen LogP contribution in [0.3, 0.4) is 0 Å². The van der Waals surface area contributed by atoms with E-state index in [1.165, 1.54) is 25.6 Å². The van der Waals surface area contributed by atoms with Gasteiger partial charge in [-0.2, -0.15) is 5.10 Å². The first-order chi connectivity index (χ1) is 8.11. The van der Waals surface area contributed by atoms with Crippen molar-refractivity contribution in [1.82, 2.24) is 20.0 Å². The maximum absolute atomic E-state index is 11.2. The van der Waals surface area contributed by atoms with Crippen molar-refractivity contribution in [2.75, 3.05) is 12.8 Å². The van der Waals surface area contributed by atoms with E-state index < -0.39 is 5.97 Å². The Morgan fingerprint density at radius 1 is 1.53 bits per heavy atom. The lowest BCUT2D eigenvalue weighted by molar-refractivity contribution is 0.0593. The third-order valence-electron chi connectivity index (χ3n) is 1.92. The van der Waals surface area contributed by atoms with E-state index >= 15 is 0 Å². The molecule has 2 N–H and O–H groups in total. The predicted molar refractivity (Wildman–Crippen MR) is 59.9 cm³/mol.